The third-order valence-electron chi connectivity index (χ3n) is 6.34. The van der Waals surface area contributed by atoms with E-state index in [1.165, 1.54) is 37.7 Å². The van der Waals surface area contributed by atoms with Crippen molar-refractivity contribution in [2.45, 2.75) is 57.4 Å². The fourth-order valence-electron chi connectivity index (χ4n) is 4.86. The van der Waals surface area contributed by atoms with Gasteiger partial charge in [-0.05, 0) is 49.1 Å². The van der Waals surface area contributed by atoms with Gasteiger partial charge in [0.05, 0.1) is 0 Å². The molecule has 2 heterocycles. The standard InChI is InChI=1S/C23H30N4O/c28-21(20-11-7-16-27(20)22-24-14-8-15-25-22)26-18-23(12-5-2-6-13-23)17-19-9-3-1-4-10-19/h1,3-4,8-10,14-15,20H,2,5-7,11-13,16-18H2,(H,26,28). The molecule has 0 bridgehead atoms. The summed E-state index contributed by atoms with van der Waals surface area (Å²) in [4.78, 5) is 23.8. The van der Waals surface area contributed by atoms with Crippen LogP contribution in [0, 0.1) is 5.41 Å². The van der Waals surface area contributed by atoms with Crippen LogP contribution in [0.4, 0.5) is 5.95 Å². The van der Waals surface area contributed by atoms with Crippen LogP contribution < -0.4 is 10.2 Å². The molecule has 1 aromatic carbocycles. The van der Waals surface area contributed by atoms with E-state index in [4.69, 9.17) is 0 Å². The maximum Gasteiger partial charge on any atom is 0.242 e. The minimum absolute atomic E-state index is 0.128. The minimum atomic E-state index is -0.153. The van der Waals surface area contributed by atoms with Gasteiger partial charge in [0, 0.05) is 25.5 Å². The van der Waals surface area contributed by atoms with Crippen molar-refractivity contribution in [2.75, 3.05) is 18.0 Å². The van der Waals surface area contributed by atoms with E-state index in [0.29, 0.717) is 5.95 Å². The number of nitrogens with one attached hydrogen (secondary N) is 1. The summed E-state index contributed by atoms with van der Waals surface area (Å²) in [5.41, 5.74) is 1.56. The van der Waals surface area contributed by atoms with Crippen LogP contribution in [0.1, 0.15) is 50.5 Å². The quantitative estimate of drug-likeness (QED) is 0.832. The summed E-state index contributed by atoms with van der Waals surface area (Å²) >= 11 is 0. The number of benzene rings is 1. The Labute approximate surface area is 167 Å². The zero-order chi connectivity index (χ0) is 19.2. The van der Waals surface area contributed by atoms with Crippen molar-refractivity contribution in [3.05, 3.63) is 54.4 Å². The van der Waals surface area contributed by atoms with E-state index in [0.717, 1.165) is 32.4 Å². The third-order valence-corrected chi connectivity index (χ3v) is 6.34. The van der Waals surface area contributed by atoms with Gasteiger partial charge in [-0.3, -0.25) is 4.79 Å². The monoisotopic (exact) mass is 378 g/mol. The first-order chi connectivity index (χ1) is 13.8. The van der Waals surface area contributed by atoms with Crippen molar-refractivity contribution in [2.24, 2.45) is 5.41 Å². The van der Waals surface area contributed by atoms with Gasteiger partial charge < -0.3 is 10.2 Å². The molecule has 1 aromatic heterocycles. The predicted molar refractivity (Wildman–Crippen MR) is 111 cm³/mol. The van der Waals surface area contributed by atoms with E-state index in [-0.39, 0.29) is 17.4 Å². The number of hydrogen-bond donors (Lipinski definition) is 1. The average molecular weight is 379 g/mol. The zero-order valence-electron chi connectivity index (χ0n) is 16.5. The molecule has 5 nitrogen and oxygen atoms in total. The molecule has 1 unspecified atom stereocenters. The summed E-state index contributed by atoms with van der Waals surface area (Å²) in [6.07, 6.45) is 12.6. The molecular weight excluding hydrogens is 348 g/mol. The minimum Gasteiger partial charge on any atom is -0.354 e. The van der Waals surface area contributed by atoms with Gasteiger partial charge in [-0.15, -0.1) is 0 Å². The van der Waals surface area contributed by atoms with E-state index < -0.39 is 0 Å². The zero-order valence-corrected chi connectivity index (χ0v) is 16.5. The molecule has 28 heavy (non-hydrogen) atoms. The lowest BCUT2D eigenvalue weighted by Crippen LogP contribution is -2.48. The number of anilines is 1. The summed E-state index contributed by atoms with van der Waals surface area (Å²) in [5.74, 6) is 0.791. The van der Waals surface area contributed by atoms with E-state index in [2.05, 4.69) is 50.5 Å². The van der Waals surface area contributed by atoms with Gasteiger partial charge in [-0.25, -0.2) is 9.97 Å². The molecule has 4 rings (SSSR count). The number of aromatic nitrogens is 2. The number of rotatable bonds is 6. The number of carbonyl (C=O) groups excluding carboxylic acids is 1. The molecule has 1 N–H and O–H groups in total. The molecule has 148 valence electrons. The molecular formula is C23H30N4O. The molecule has 1 aliphatic carbocycles. The molecule has 2 aromatic rings. The van der Waals surface area contributed by atoms with Crippen LogP contribution in [0.25, 0.3) is 0 Å². The second-order valence-corrected chi connectivity index (χ2v) is 8.34. The summed E-state index contributed by atoms with van der Waals surface area (Å²) in [5, 5.41) is 3.32. The highest BCUT2D eigenvalue weighted by atomic mass is 16.2. The first-order valence-corrected chi connectivity index (χ1v) is 10.6. The lowest BCUT2D eigenvalue weighted by Gasteiger charge is -2.38. The molecule has 2 fully saturated rings. The van der Waals surface area contributed by atoms with Gasteiger partial charge >= 0.3 is 0 Å². The molecule has 2 aliphatic rings. The van der Waals surface area contributed by atoms with Crippen LogP contribution >= 0.6 is 0 Å². The van der Waals surface area contributed by atoms with E-state index in [9.17, 15) is 4.79 Å². The summed E-state index contributed by atoms with van der Waals surface area (Å²) < 4.78 is 0. The fourth-order valence-corrected chi connectivity index (χ4v) is 4.86. The van der Waals surface area contributed by atoms with Crippen molar-refractivity contribution in [3.63, 3.8) is 0 Å². The first kappa shape index (κ1) is 18.9. The summed E-state index contributed by atoms with van der Waals surface area (Å²) in [6.45, 7) is 1.61. The van der Waals surface area contributed by atoms with Crippen molar-refractivity contribution in [3.8, 4) is 0 Å². The van der Waals surface area contributed by atoms with Gasteiger partial charge in [0.2, 0.25) is 11.9 Å². The lowest BCUT2D eigenvalue weighted by atomic mass is 9.70. The highest BCUT2D eigenvalue weighted by Gasteiger charge is 2.36. The van der Waals surface area contributed by atoms with Gasteiger partial charge in [-0.1, -0.05) is 49.6 Å². The van der Waals surface area contributed by atoms with Crippen molar-refractivity contribution in [1.29, 1.82) is 0 Å². The van der Waals surface area contributed by atoms with Crippen LogP contribution in [0.15, 0.2) is 48.8 Å². The molecule has 1 amide bonds. The Hall–Kier alpha value is -2.43. The van der Waals surface area contributed by atoms with E-state index >= 15 is 0 Å². The fraction of sp³-hybridized carbons (Fsp3) is 0.522. The third kappa shape index (κ3) is 4.34. The van der Waals surface area contributed by atoms with Gasteiger partial charge in [-0.2, -0.15) is 0 Å². The number of carbonyl (C=O) groups is 1. The van der Waals surface area contributed by atoms with Crippen LogP contribution in [0.3, 0.4) is 0 Å². The molecule has 5 heteroatoms. The SMILES string of the molecule is O=C(NCC1(Cc2ccccc2)CCCCC1)C1CCCN1c1ncccn1. The molecule has 1 saturated heterocycles. The van der Waals surface area contributed by atoms with Crippen LogP contribution in [-0.2, 0) is 11.2 Å². The average Bonchev–Trinajstić information content (AvgIpc) is 3.24. The normalized spacial score (nSPS) is 21.4. The van der Waals surface area contributed by atoms with Crippen LogP contribution in [0.5, 0.6) is 0 Å². The molecule has 0 radical (unpaired) electrons. The highest BCUT2D eigenvalue weighted by molar-refractivity contribution is 5.85. The second-order valence-electron chi connectivity index (χ2n) is 8.34. The van der Waals surface area contributed by atoms with Gasteiger partial charge in [0.1, 0.15) is 6.04 Å². The Balaban J connectivity index is 1.42. The second kappa shape index (κ2) is 8.72. The molecule has 1 atom stereocenters. The van der Waals surface area contributed by atoms with Gasteiger partial charge in [0.15, 0.2) is 0 Å². The smallest absolute Gasteiger partial charge is 0.242 e. The summed E-state index contributed by atoms with van der Waals surface area (Å²) in [7, 11) is 0. The Bertz CT molecular complexity index is 759. The highest BCUT2D eigenvalue weighted by Crippen LogP contribution is 2.39. The predicted octanol–water partition coefficient (Wildman–Crippen LogP) is 3.75. The van der Waals surface area contributed by atoms with E-state index in [1.54, 1.807) is 12.4 Å². The number of hydrogen-bond acceptors (Lipinski definition) is 4. The van der Waals surface area contributed by atoms with E-state index in [1.807, 2.05) is 6.07 Å². The maximum absolute atomic E-state index is 13.1. The van der Waals surface area contributed by atoms with Gasteiger partial charge in [0.25, 0.3) is 0 Å². The van der Waals surface area contributed by atoms with Crippen molar-refractivity contribution < 1.29 is 4.79 Å². The van der Waals surface area contributed by atoms with Crippen LogP contribution in [0.2, 0.25) is 0 Å². The molecule has 0 spiro atoms. The maximum atomic E-state index is 13.1. The Morgan fingerprint density at radius 3 is 2.54 bits per heavy atom. The summed E-state index contributed by atoms with van der Waals surface area (Å²) in [6, 6.07) is 12.4. The van der Waals surface area contributed by atoms with Crippen molar-refractivity contribution in [1.82, 2.24) is 15.3 Å². The first-order valence-electron chi connectivity index (χ1n) is 10.6. The molecule has 1 saturated carbocycles. The number of amides is 1. The number of nitrogens with zero attached hydrogens (tertiary/aromatic N) is 3. The largest absolute Gasteiger partial charge is 0.354 e. The topological polar surface area (TPSA) is 58.1 Å². The van der Waals surface area contributed by atoms with Crippen molar-refractivity contribution >= 4 is 11.9 Å². The van der Waals surface area contributed by atoms with Crippen LogP contribution in [-0.4, -0.2) is 35.0 Å². The molecule has 1 aliphatic heterocycles. The Morgan fingerprint density at radius 2 is 1.79 bits per heavy atom. The lowest BCUT2D eigenvalue weighted by molar-refractivity contribution is -0.122. The Kier molecular flexibility index (Phi) is 5.89. The Morgan fingerprint density at radius 1 is 1.04 bits per heavy atom.